The van der Waals surface area contributed by atoms with Crippen molar-refractivity contribution in [2.45, 2.75) is 26.8 Å². The smallest absolute Gasteiger partial charge is 0.219 e. The lowest BCUT2D eigenvalue weighted by molar-refractivity contribution is -0.129. The van der Waals surface area contributed by atoms with Crippen LogP contribution in [0.25, 0.3) is 0 Å². The first-order valence-corrected chi connectivity index (χ1v) is 7.37. The van der Waals surface area contributed by atoms with E-state index in [1.807, 2.05) is 11.1 Å². The first kappa shape index (κ1) is 14.8. The summed E-state index contributed by atoms with van der Waals surface area (Å²) in [6, 6.07) is 4.20. The first-order valence-electron chi connectivity index (χ1n) is 7.37. The summed E-state index contributed by atoms with van der Waals surface area (Å²) < 4.78 is 0. The van der Waals surface area contributed by atoms with Gasteiger partial charge in [-0.3, -0.25) is 4.79 Å². The third-order valence-electron chi connectivity index (χ3n) is 3.61. The van der Waals surface area contributed by atoms with Gasteiger partial charge in [0.2, 0.25) is 5.91 Å². The highest BCUT2D eigenvalue weighted by atomic mass is 16.2. The summed E-state index contributed by atoms with van der Waals surface area (Å²) in [5, 5.41) is 3.37. The van der Waals surface area contributed by atoms with Crippen LogP contribution in [-0.4, -0.2) is 48.5 Å². The normalized spacial score (nSPS) is 15.5. The van der Waals surface area contributed by atoms with E-state index in [0.717, 1.165) is 51.5 Å². The molecule has 1 aromatic heterocycles. The third-order valence-corrected chi connectivity index (χ3v) is 3.61. The molecule has 1 aromatic rings. The van der Waals surface area contributed by atoms with E-state index in [1.165, 1.54) is 5.56 Å². The number of hydrogen-bond donors (Lipinski definition) is 1. The molecule has 5 heteroatoms. The lowest BCUT2D eigenvalue weighted by Gasteiger charge is -2.34. The second kappa shape index (κ2) is 7.24. The highest BCUT2D eigenvalue weighted by Gasteiger charge is 2.19. The van der Waals surface area contributed by atoms with Crippen LogP contribution in [0.15, 0.2) is 18.3 Å². The fourth-order valence-electron chi connectivity index (χ4n) is 2.37. The van der Waals surface area contributed by atoms with Crippen molar-refractivity contribution in [3.63, 3.8) is 0 Å². The van der Waals surface area contributed by atoms with Crippen LogP contribution in [0.2, 0.25) is 0 Å². The van der Waals surface area contributed by atoms with Crippen molar-refractivity contribution >= 4 is 11.7 Å². The first-order chi connectivity index (χ1) is 9.70. The number of piperazine rings is 1. The molecule has 0 spiro atoms. The Labute approximate surface area is 121 Å². The Morgan fingerprint density at radius 3 is 2.60 bits per heavy atom. The van der Waals surface area contributed by atoms with Gasteiger partial charge in [-0.15, -0.1) is 0 Å². The molecule has 0 radical (unpaired) electrons. The topological polar surface area (TPSA) is 48.5 Å². The number of rotatable bonds is 5. The molecule has 0 aromatic carbocycles. The molecular formula is C15H24N4O. The van der Waals surface area contributed by atoms with Crippen LogP contribution in [0.3, 0.4) is 0 Å². The summed E-state index contributed by atoms with van der Waals surface area (Å²) in [6.45, 7) is 9.00. The maximum absolute atomic E-state index is 11.3. The van der Waals surface area contributed by atoms with E-state index in [1.54, 1.807) is 6.92 Å². The quantitative estimate of drug-likeness (QED) is 0.822. The van der Waals surface area contributed by atoms with Gasteiger partial charge in [-0.25, -0.2) is 4.98 Å². The van der Waals surface area contributed by atoms with Crippen molar-refractivity contribution in [2.24, 2.45) is 0 Å². The van der Waals surface area contributed by atoms with Gasteiger partial charge >= 0.3 is 0 Å². The predicted octanol–water partition coefficient (Wildman–Crippen LogP) is 1.25. The van der Waals surface area contributed by atoms with E-state index in [-0.39, 0.29) is 5.91 Å². The third kappa shape index (κ3) is 3.93. The van der Waals surface area contributed by atoms with Gasteiger partial charge < -0.3 is 15.1 Å². The van der Waals surface area contributed by atoms with Crippen LogP contribution in [0.1, 0.15) is 25.8 Å². The molecule has 1 fully saturated rings. The number of anilines is 1. The van der Waals surface area contributed by atoms with Gasteiger partial charge in [-0.2, -0.15) is 0 Å². The number of amides is 1. The van der Waals surface area contributed by atoms with E-state index in [0.29, 0.717) is 0 Å². The van der Waals surface area contributed by atoms with Crippen molar-refractivity contribution < 1.29 is 4.79 Å². The molecule has 20 heavy (non-hydrogen) atoms. The number of carbonyl (C=O) groups excluding carboxylic acids is 1. The number of carbonyl (C=O) groups is 1. The monoisotopic (exact) mass is 276 g/mol. The van der Waals surface area contributed by atoms with E-state index in [2.05, 4.69) is 34.3 Å². The maximum atomic E-state index is 11.3. The summed E-state index contributed by atoms with van der Waals surface area (Å²) >= 11 is 0. The zero-order valence-electron chi connectivity index (χ0n) is 12.4. The van der Waals surface area contributed by atoms with E-state index < -0.39 is 0 Å². The minimum atomic E-state index is 0.162. The average Bonchev–Trinajstić information content (AvgIpc) is 2.48. The molecular weight excluding hydrogens is 252 g/mol. The van der Waals surface area contributed by atoms with Gasteiger partial charge in [-0.1, -0.05) is 13.0 Å². The molecule has 0 bridgehead atoms. The van der Waals surface area contributed by atoms with Crippen molar-refractivity contribution in [1.29, 1.82) is 0 Å². The Hall–Kier alpha value is -1.62. The number of pyridine rings is 1. The lowest BCUT2D eigenvalue weighted by atomic mass is 10.2. The van der Waals surface area contributed by atoms with Crippen LogP contribution >= 0.6 is 0 Å². The van der Waals surface area contributed by atoms with Gasteiger partial charge in [0.05, 0.1) is 0 Å². The molecule has 0 aliphatic carbocycles. The molecule has 5 nitrogen and oxygen atoms in total. The Kier molecular flexibility index (Phi) is 5.35. The van der Waals surface area contributed by atoms with Crippen LogP contribution in [0, 0.1) is 0 Å². The molecule has 1 aliphatic heterocycles. The van der Waals surface area contributed by atoms with Crippen molar-refractivity contribution in [1.82, 2.24) is 15.2 Å². The summed E-state index contributed by atoms with van der Waals surface area (Å²) in [5.41, 5.74) is 1.21. The van der Waals surface area contributed by atoms with E-state index in [4.69, 9.17) is 0 Å². The lowest BCUT2D eigenvalue weighted by Crippen LogP contribution is -2.48. The van der Waals surface area contributed by atoms with Crippen LogP contribution in [-0.2, 0) is 11.3 Å². The molecule has 0 unspecified atom stereocenters. The standard InChI is InChI=1S/C15H24N4O/c1-3-6-16-11-14-4-5-15(17-12-14)19-9-7-18(8-10-19)13(2)20/h4-5,12,16H,3,6-11H2,1-2H3. The minimum absolute atomic E-state index is 0.162. The zero-order valence-corrected chi connectivity index (χ0v) is 12.4. The van der Waals surface area contributed by atoms with Crippen molar-refractivity contribution in [3.05, 3.63) is 23.9 Å². The van der Waals surface area contributed by atoms with Crippen LogP contribution < -0.4 is 10.2 Å². The molecule has 1 N–H and O–H groups in total. The molecule has 1 aliphatic rings. The predicted molar refractivity (Wildman–Crippen MR) is 80.7 cm³/mol. The summed E-state index contributed by atoms with van der Waals surface area (Å²) in [6.07, 6.45) is 3.08. The highest BCUT2D eigenvalue weighted by molar-refractivity contribution is 5.73. The van der Waals surface area contributed by atoms with Gasteiger partial charge in [0, 0.05) is 45.8 Å². The molecule has 2 heterocycles. The maximum Gasteiger partial charge on any atom is 0.219 e. The number of hydrogen-bond acceptors (Lipinski definition) is 4. The largest absolute Gasteiger partial charge is 0.353 e. The Balaban J connectivity index is 1.86. The van der Waals surface area contributed by atoms with Crippen molar-refractivity contribution in [2.75, 3.05) is 37.6 Å². The number of nitrogens with one attached hydrogen (secondary N) is 1. The molecule has 2 rings (SSSR count). The Bertz CT molecular complexity index is 424. The second-order valence-corrected chi connectivity index (χ2v) is 5.19. The van der Waals surface area contributed by atoms with E-state index >= 15 is 0 Å². The summed E-state index contributed by atoms with van der Waals surface area (Å²) in [5.74, 6) is 1.17. The van der Waals surface area contributed by atoms with Gasteiger partial charge in [0.25, 0.3) is 0 Å². The fraction of sp³-hybridized carbons (Fsp3) is 0.600. The summed E-state index contributed by atoms with van der Waals surface area (Å²) in [4.78, 5) is 20.0. The van der Waals surface area contributed by atoms with E-state index in [9.17, 15) is 4.79 Å². The van der Waals surface area contributed by atoms with Gasteiger partial charge in [0.15, 0.2) is 0 Å². The fourth-order valence-corrected chi connectivity index (χ4v) is 2.37. The second-order valence-electron chi connectivity index (χ2n) is 5.19. The SMILES string of the molecule is CCCNCc1ccc(N2CCN(C(C)=O)CC2)nc1. The van der Waals surface area contributed by atoms with Gasteiger partial charge in [0.1, 0.15) is 5.82 Å². The molecule has 1 saturated heterocycles. The summed E-state index contributed by atoms with van der Waals surface area (Å²) in [7, 11) is 0. The minimum Gasteiger partial charge on any atom is -0.353 e. The number of nitrogens with zero attached hydrogens (tertiary/aromatic N) is 3. The van der Waals surface area contributed by atoms with Crippen LogP contribution in [0.5, 0.6) is 0 Å². The van der Waals surface area contributed by atoms with Gasteiger partial charge in [-0.05, 0) is 24.6 Å². The molecule has 0 atom stereocenters. The zero-order chi connectivity index (χ0) is 14.4. The average molecular weight is 276 g/mol. The highest BCUT2D eigenvalue weighted by Crippen LogP contribution is 2.14. The van der Waals surface area contributed by atoms with Crippen LogP contribution in [0.4, 0.5) is 5.82 Å². The molecule has 1 amide bonds. The Morgan fingerprint density at radius 1 is 1.30 bits per heavy atom. The number of aromatic nitrogens is 1. The molecule has 0 saturated carbocycles. The van der Waals surface area contributed by atoms with Crippen molar-refractivity contribution in [3.8, 4) is 0 Å². The Morgan fingerprint density at radius 2 is 2.05 bits per heavy atom. The molecule has 110 valence electrons.